The second-order valence-electron chi connectivity index (χ2n) is 4.28. The molecule has 0 aliphatic heterocycles. The molecule has 0 aliphatic carbocycles. The zero-order valence-electron chi connectivity index (χ0n) is 21.2. The van der Waals surface area contributed by atoms with Gasteiger partial charge < -0.3 is 0 Å². The largest absolute Gasteiger partial charge is 0.169 e. The Morgan fingerprint density at radius 3 is 0.300 bits per heavy atom. The average Bonchev–Trinajstić information content (AvgIpc) is 2.88. The van der Waals surface area contributed by atoms with Gasteiger partial charge in [0, 0.05) is 0 Å². The summed E-state index contributed by atoms with van der Waals surface area (Å²) in [4.78, 5) is 0. The zero-order valence-corrected chi connectivity index (χ0v) is 22.8. The minimum absolute atomic E-state index is 1.75. The summed E-state index contributed by atoms with van der Waals surface area (Å²) in [6.45, 7) is 12.0. The van der Waals surface area contributed by atoms with E-state index >= 15 is 0 Å². The third-order valence-corrected chi connectivity index (χ3v) is 2.00. The molecule has 0 amide bonds. The third-order valence-electron chi connectivity index (χ3n) is 2.00. The normalized spacial score (nSPS) is 6.60. The van der Waals surface area contributed by atoms with E-state index in [1.165, 1.54) is 0 Å². The van der Waals surface area contributed by atoms with Crippen molar-refractivity contribution in [2.45, 2.75) is 41.5 Å². The van der Waals surface area contributed by atoms with Gasteiger partial charge in [-0.2, -0.15) is 23.5 Å². The second-order valence-corrected chi connectivity index (χ2v) is 5.91. The molecule has 30 heavy (non-hydrogen) atoms. The van der Waals surface area contributed by atoms with E-state index in [2.05, 4.69) is 0 Å². The van der Waals surface area contributed by atoms with Crippen LogP contribution in [0.5, 0.6) is 0 Å². The van der Waals surface area contributed by atoms with Crippen LogP contribution in [0.2, 0.25) is 0 Å². The first-order valence-corrected chi connectivity index (χ1v) is 13.9. The maximum absolute atomic E-state index is 2.04. The lowest BCUT2D eigenvalue weighted by Crippen LogP contribution is -1.47. The van der Waals surface area contributed by atoms with Gasteiger partial charge in [0.05, 0.1) is 0 Å². The molecule has 0 fully saturated rings. The van der Waals surface area contributed by atoms with Crippen LogP contribution in [0.25, 0.3) is 0 Å². The molecule has 0 radical (unpaired) electrons. The molecule has 172 valence electrons. The van der Waals surface area contributed by atoms with Gasteiger partial charge >= 0.3 is 0 Å². The van der Waals surface area contributed by atoms with Crippen LogP contribution >= 0.6 is 23.5 Å². The molecular formula is C28H48S2. The van der Waals surface area contributed by atoms with Crippen LogP contribution in [0.1, 0.15) is 41.5 Å². The Morgan fingerprint density at radius 1 is 0.233 bits per heavy atom. The van der Waals surface area contributed by atoms with Crippen LogP contribution in [0, 0.1) is 0 Å². The van der Waals surface area contributed by atoms with Crippen LogP contribution in [-0.4, -0.2) is 25.0 Å². The predicted molar refractivity (Wildman–Crippen MR) is 152 cm³/mol. The summed E-state index contributed by atoms with van der Waals surface area (Å²) in [6.07, 6.45) is 8.17. The van der Waals surface area contributed by atoms with E-state index in [0.717, 1.165) is 0 Å². The van der Waals surface area contributed by atoms with E-state index in [-0.39, 0.29) is 0 Å². The Morgan fingerprint density at radius 2 is 0.267 bits per heavy atom. The molecule has 0 nitrogen and oxygen atoms in total. The van der Waals surface area contributed by atoms with Crippen molar-refractivity contribution in [3.63, 3.8) is 0 Å². The molecule has 0 spiro atoms. The number of rotatable bonds is 0. The Labute approximate surface area is 198 Å². The van der Waals surface area contributed by atoms with Crippen molar-refractivity contribution in [1.82, 2.24) is 0 Å². The molecule has 0 heterocycles. The quantitative estimate of drug-likeness (QED) is 0.335. The topological polar surface area (TPSA) is 0 Å². The molecule has 0 atom stereocenters. The zero-order chi connectivity index (χ0) is 24.1. The van der Waals surface area contributed by atoms with E-state index < -0.39 is 0 Å². The van der Waals surface area contributed by atoms with Crippen molar-refractivity contribution in [2.24, 2.45) is 0 Å². The summed E-state index contributed by atoms with van der Waals surface area (Å²) in [5, 5.41) is 0. The number of thioether (sulfide) groups is 2. The fraction of sp³-hybridized carbons (Fsp3) is 0.357. The molecule has 3 aromatic rings. The Hall–Kier alpha value is -1.64. The first kappa shape index (κ1) is 38.9. The van der Waals surface area contributed by atoms with Crippen LogP contribution in [-0.2, 0) is 0 Å². The predicted octanol–water partition coefficient (Wildman–Crippen LogP) is 10.1. The smallest absolute Gasteiger partial charge is 0.0187 e. The van der Waals surface area contributed by atoms with Gasteiger partial charge in [-0.15, -0.1) is 0 Å². The molecule has 0 unspecified atom stereocenters. The fourth-order valence-electron chi connectivity index (χ4n) is 1.15. The molecular weight excluding hydrogens is 400 g/mol. The minimum atomic E-state index is 1.75. The summed E-state index contributed by atoms with van der Waals surface area (Å²) in [5.41, 5.74) is 0. The molecule has 0 aliphatic rings. The van der Waals surface area contributed by atoms with Gasteiger partial charge in [0.1, 0.15) is 0 Å². The standard InChI is InChI=1S/3C6H6.2C2H6S.3C2H6/c3*1-2-4-6-5-3-1;2*1-3-2;3*1-2/h3*1-6H;2*1-2H3;3*1-2H3. The molecule has 0 bridgehead atoms. The van der Waals surface area contributed by atoms with Crippen molar-refractivity contribution in [3.8, 4) is 0 Å². The Bertz CT molecular complexity index is 328. The highest BCUT2D eigenvalue weighted by molar-refractivity contribution is 7.98. The highest BCUT2D eigenvalue weighted by Gasteiger charge is 1.59. The second kappa shape index (κ2) is 56.4. The van der Waals surface area contributed by atoms with Gasteiger partial charge in [0.15, 0.2) is 0 Å². The van der Waals surface area contributed by atoms with E-state index in [4.69, 9.17) is 0 Å². The summed E-state index contributed by atoms with van der Waals surface area (Å²) < 4.78 is 0. The van der Waals surface area contributed by atoms with Gasteiger partial charge in [-0.05, 0) is 25.0 Å². The summed E-state index contributed by atoms with van der Waals surface area (Å²) in [6, 6.07) is 36.0. The number of hydrogen-bond donors (Lipinski definition) is 0. The van der Waals surface area contributed by atoms with Crippen LogP contribution in [0.15, 0.2) is 109 Å². The van der Waals surface area contributed by atoms with E-state index in [9.17, 15) is 0 Å². The van der Waals surface area contributed by atoms with Gasteiger partial charge in [-0.1, -0.05) is 151 Å². The fourth-order valence-corrected chi connectivity index (χ4v) is 1.15. The van der Waals surface area contributed by atoms with Crippen LogP contribution < -0.4 is 0 Å². The third kappa shape index (κ3) is 63.3. The number of hydrogen-bond acceptors (Lipinski definition) is 2. The molecule has 0 N–H and O–H groups in total. The van der Waals surface area contributed by atoms with Crippen molar-refractivity contribution in [1.29, 1.82) is 0 Å². The summed E-state index contributed by atoms with van der Waals surface area (Å²) >= 11 is 3.50. The lowest BCUT2D eigenvalue weighted by atomic mass is 10.4. The van der Waals surface area contributed by atoms with E-state index in [1.54, 1.807) is 23.5 Å². The molecule has 3 aromatic carbocycles. The lowest BCUT2D eigenvalue weighted by molar-refractivity contribution is 1.50. The summed E-state index contributed by atoms with van der Waals surface area (Å²) in [7, 11) is 0. The van der Waals surface area contributed by atoms with Crippen LogP contribution in [0.4, 0.5) is 0 Å². The minimum Gasteiger partial charge on any atom is -0.169 e. The van der Waals surface area contributed by atoms with Gasteiger partial charge in [0.25, 0.3) is 0 Å². The van der Waals surface area contributed by atoms with Crippen molar-refractivity contribution in [2.75, 3.05) is 25.0 Å². The number of benzene rings is 3. The maximum atomic E-state index is 2.04. The van der Waals surface area contributed by atoms with E-state index in [0.29, 0.717) is 0 Å². The first-order valence-electron chi connectivity index (χ1n) is 10.6. The Kier molecular flexibility index (Phi) is 73.1. The van der Waals surface area contributed by atoms with E-state index in [1.807, 2.05) is 176 Å². The highest BCUT2D eigenvalue weighted by atomic mass is 32.2. The molecule has 0 saturated heterocycles. The van der Waals surface area contributed by atoms with Gasteiger partial charge in [0.2, 0.25) is 0 Å². The average molecular weight is 449 g/mol. The van der Waals surface area contributed by atoms with Gasteiger partial charge in [-0.25, -0.2) is 0 Å². The van der Waals surface area contributed by atoms with Gasteiger partial charge in [-0.3, -0.25) is 0 Å². The highest BCUT2D eigenvalue weighted by Crippen LogP contribution is 1.81. The molecule has 3 rings (SSSR count). The molecule has 0 saturated carbocycles. The SMILES string of the molecule is CC.CC.CC.CSC.CSC.c1ccccc1.c1ccccc1.c1ccccc1. The maximum Gasteiger partial charge on any atom is -0.0187 e. The lowest BCUT2D eigenvalue weighted by Gasteiger charge is -1.69. The molecule has 2 heteroatoms. The summed E-state index contributed by atoms with van der Waals surface area (Å²) in [5.74, 6) is 0. The Balaban J connectivity index is -0.0000000838. The first-order chi connectivity index (χ1) is 14.8. The molecule has 0 aromatic heterocycles. The monoisotopic (exact) mass is 448 g/mol. The van der Waals surface area contributed by atoms with Crippen molar-refractivity contribution in [3.05, 3.63) is 109 Å². The van der Waals surface area contributed by atoms with Crippen molar-refractivity contribution >= 4 is 23.5 Å². The van der Waals surface area contributed by atoms with Crippen LogP contribution in [0.3, 0.4) is 0 Å². The van der Waals surface area contributed by atoms with Crippen molar-refractivity contribution < 1.29 is 0 Å².